The van der Waals surface area contributed by atoms with Crippen LogP contribution in [0, 0.1) is 21.7 Å². The summed E-state index contributed by atoms with van der Waals surface area (Å²) in [6.45, 7) is 45.1. The van der Waals surface area contributed by atoms with Crippen molar-refractivity contribution >= 4 is 23.9 Å². The molecule has 16 heteroatoms. The van der Waals surface area contributed by atoms with Crippen LogP contribution in [0.2, 0.25) is 0 Å². The number of unbranched alkanes of at least 4 members (excludes halogenated alkanes) is 2. The summed E-state index contributed by atoms with van der Waals surface area (Å²) in [7, 11) is 0. The van der Waals surface area contributed by atoms with Gasteiger partial charge in [0.1, 0.15) is 52.9 Å². The van der Waals surface area contributed by atoms with Crippen LogP contribution in [-0.4, -0.2) is 103 Å². The maximum absolute atomic E-state index is 11.6. The Bertz CT molecular complexity index is 1310. The number of rotatable bonds is 36. The van der Waals surface area contributed by atoms with Gasteiger partial charge in [-0.05, 0) is 121 Å². The first-order valence-electron chi connectivity index (χ1n) is 23.1. The Labute approximate surface area is 399 Å². The van der Waals surface area contributed by atoms with Gasteiger partial charge in [-0.15, -0.1) is 13.2 Å². The number of carbonyl (C=O) groups is 4. The van der Waals surface area contributed by atoms with Crippen LogP contribution in [0.25, 0.3) is 0 Å². The van der Waals surface area contributed by atoms with Gasteiger partial charge in [0.25, 0.3) is 0 Å². The lowest BCUT2D eigenvalue weighted by atomic mass is 9.91. The minimum absolute atomic E-state index is 0.135. The third-order valence-corrected chi connectivity index (χ3v) is 9.57. The molecule has 0 rings (SSSR count). The van der Waals surface area contributed by atoms with Crippen LogP contribution in [0.5, 0.6) is 0 Å². The van der Waals surface area contributed by atoms with E-state index in [1.807, 2.05) is 96.9 Å². The van der Waals surface area contributed by atoms with Crippen molar-refractivity contribution in [3.8, 4) is 0 Å². The molecule has 0 atom stereocenters. The summed E-state index contributed by atoms with van der Waals surface area (Å²) in [5.74, 6) is -0.691. The number of hydrogen-bond donors (Lipinski definition) is 0. The van der Waals surface area contributed by atoms with E-state index in [9.17, 15) is 19.2 Å². The largest absolute Gasteiger partial charge is 0.465 e. The highest BCUT2D eigenvalue weighted by Gasteiger charge is 2.29. The van der Waals surface area contributed by atoms with E-state index in [-0.39, 0.29) is 61.1 Å². The van der Waals surface area contributed by atoms with Crippen molar-refractivity contribution in [2.45, 2.75) is 148 Å². The molecule has 0 aromatic heterocycles. The lowest BCUT2D eigenvalue weighted by Crippen LogP contribution is -2.27. The van der Waals surface area contributed by atoms with E-state index in [1.165, 1.54) is 0 Å². The van der Waals surface area contributed by atoms with Gasteiger partial charge in [-0.25, -0.2) is 39.1 Å². The normalized spacial score (nSPS) is 11.2. The molecule has 0 aromatic carbocycles. The number of carbonyl (C=O) groups excluding carboxylic acids is 4. The molecule has 0 amide bonds. The summed E-state index contributed by atoms with van der Waals surface area (Å²) in [6.07, 6.45) is 9.42. The van der Waals surface area contributed by atoms with Gasteiger partial charge in [-0.2, -0.15) is 0 Å². The molecule has 0 aromatic rings. The first kappa shape index (κ1) is 69.1. The Hall–Kier alpha value is -3.48. The van der Waals surface area contributed by atoms with Gasteiger partial charge in [0.05, 0.1) is 48.1 Å². The standard InChI is InChI=1S/C14H26O4.C13H24O4.C12H22O4.C11H20O4/c1-6-14(4,5)13(15)16-9-7-8-10-17-18-11-12(2)3;1-5-9-16-17-11-8-7-10-15-12(14)13(3,4)6-2;1-6-12(4,5)11(13)14-7-8-15-16-9-10(2)3;1-5-7-14-15-9-8-13-10(12)11(3,4)6-2/h2,6-11H2,1,3-5H3;5H,1,6-11H2,2-4H3;2,6-9H2,1,3-5H3;5H,1,6-9H2,2-4H3. The second-order valence-corrected chi connectivity index (χ2v) is 17.8. The first-order chi connectivity index (χ1) is 30.9. The lowest BCUT2D eigenvalue weighted by Gasteiger charge is -2.20. The van der Waals surface area contributed by atoms with Crippen LogP contribution in [0.15, 0.2) is 49.6 Å². The summed E-state index contributed by atoms with van der Waals surface area (Å²) in [5, 5.41) is 0. The molecule has 0 saturated carbocycles. The number of ether oxygens (including phenoxy) is 4. The number of hydrogen-bond acceptors (Lipinski definition) is 16. The highest BCUT2D eigenvalue weighted by atomic mass is 17.2. The van der Waals surface area contributed by atoms with Crippen LogP contribution in [-0.2, 0) is 77.2 Å². The molecule has 0 spiro atoms. The van der Waals surface area contributed by atoms with Gasteiger partial charge in [0.15, 0.2) is 0 Å². The van der Waals surface area contributed by atoms with Crippen molar-refractivity contribution in [2.24, 2.45) is 21.7 Å². The Morgan fingerprint density at radius 1 is 0.379 bits per heavy atom. The zero-order valence-corrected chi connectivity index (χ0v) is 43.7. The third-order valence-electron chi connectivity index (χ3n) is 9.57. The van der Waals surface area contributed by atoms with E-state index >= 15 is 0 Å². The topological polar surface area (TPSA) is 179 Å². The maximum Gasteiger partial charge on any atom is 0.311 e. The van der Waals surface area contributed by atoms with E-state index in [1.54, 1.807) is 12.2 Å². The van der Waals surface area contributed by atoms with Crippen molar-refractivity contribution in [3.05, 3.63) is 49.6 Å². The minimum atomic E-state index is -0.432. The average molecular weight is 949 g/mol. The van der Waals surface area contributed by atoms with Gasteiger partial charge in [0, 0.05) is 0 Å². The fourth-order valence-electron chi connectivity index (χ4n) is 3.26. The summed E-state index contributed by atoms with van der Waals surface area (Å²) >= 11 is 0. The molecule has 66 heavy (non-hydrogen) atoms. The van der Waals surface area contributed by atoms with Crippen LogP contribution in [0.4, 0.5) is 0 Å². The maximum atomic E-state index is 11.6. The first-order valence-corrected chi connectivity index (χ1v) is 23.1. The quantitative estimate of drug-likeness (QED) is 0.0144. The van der Waals surface area contributed by atoms with E-state index < -0.39 is 10.8 Å². The molecule has 0 fully saturated rings. The molecule has 0 bridgehead atoms. The lowest BCUT2D eigenvalue weighted by molar-refractivity contribution is -0.292. The number of esters is 4. The molecule has 388 valence electrons. The van der Waals surface area contributed by atoms with E-state index in [0.29, 0.717) is 52.9 Å². The summed E-state index contributed by atoms with van der Waals surface area (Å²) in [6, 6.07) is 0. The second-order valence-electron chi connectivity index (χ2n) is 17.8. The van der Waals surface area contributed by atoms with Gasteiger partial charge in [-0.3, -0.25) is 19.2 Å². The van der Waals surface area contributed by atoms with E-state index in [2.05, 4.69) is 31.2 Å². The molecule has 0 radical (unpaired) electrons. The van der Waals surface area contributed by atoms with Gasteiger partial charge >= 0.3 is 23.9 Å². The molecular weight excluding hydrogens is 857 g/mol. The van der Waals surface area contributed by atoms with Crippen molar-refractivity contribution < 1.29 is 77.2 Å². The second kappa shape index (κ2) is 42.8. The predicted octanol–water partition coefficient (Wildman–Crippen LogP) is 10.7. The SMILES string of the molecule is C=C(C)COOCCCCOC(=O)C(C)(C)CC.C=C(C)COOCCOC(=O)C(C)(C)CC.C=CCOOCCCCOC(=O)C(C)(C)CC.C=CCOOCCOC(=O)C(C)(C)CC. The van der Waals surface area contributed by atoms with Crippen molar-refractivity contribution in [1.82, 2.24) is 0 Å². The molecule has 0 aliphatic heterocycles. The Kier molecular flexibility index (Phi) is 44.9. The van der Waals surface area contributed by atoms with Crippen molar-refractivity contribution in [2.75, 3.05) is 79.3 Å². The average Bonchev–Trinajstić information content (AvgIpc) is 3.27. The molecule has 0 saturated heterocycles. The van der Waals surface area contributed by atoms with Crippen molar-refractivity contribution in [1.29, 1.82) is 0 Å². The molecular formula is C50H92O16. The highest BCUT2D eigenvalue weighted by molar-refractivity contribution is 5.77. The summed E-state index contributed by atoms with van der Waals surface area (Å²) < 4.78 is 20.4. The Balaban J connectivity index is -0.000000389. The summed E-state index contributed by atoms with van der Waals surface area (Å²) in [4.78, 5) is 84.6. The molecule has 0 unspecified atom stereocenters. The fraction of sp³-hybridized carbons (Fsp3) is 0.760. The Morgan fingerprint density at radius 2 is 0.621 bits per heavy atom. The van der Waals surface area contributed by atoms with Crippen LogP contribution >= 0.6 is 0 Å². The molecule has 0 N–H and O–H groups in total. The van der Waals surface area contributed by atoms with E-state index in [0.717, 1.165) is 62.5 Å². The van der Waals surface area contributed by atoms with Crippen molar-refractivity contribution in [3.63, 3.8) is 0 Å². The molecule has 0 heterocycles. The van der Waals surface area contributed by atoms with E-state index in [4.69, 9.17) is 53.2 Å². The Morgan fingerprint density at radius 3 is 0.894 bits per heavy atom. The molecule has 0 aliphatic rings. The predicted molar refractivity (Wildman–Crippen MR) is 256 cm³/mol. The monoisotopic (exact) mass is 949 g/mol. The van der Waals surface area contributed by atoms with Crippen LogP contribution < -0.4 is 0 Å². The van der Waals surface area contributed by atoms with Crippen LogP contribution in [0.1, 0.15) is 148 Å². The summed E-state index contributed by atoms with van der Waals surface area (Å²) in [5.41, 5.74) is 0.167. The van der Waals surface area contributed by atoms with Gasteiger partial charge in [-0.1, -0.05) is 64.2 Å². The van der Waals surface area contributed by atoms with Gasteiger partial charge < -0.3 is 18.9 Å². The highest BCUT2D eigenvalue weighted by Crippen LogP contribution is 2.23. The third kappa shape index (κ3) is 43.1. The zero-order valence-electron chi connectivity index (χ0n) is 43.7. The molecule has 0 aliphatic carbocycles. The minimum Gasteiger partial charge on any atom is -0.465 e. The zero-order chi connectivity index (χ0) is 51.5. The molecule has 16 nitrogen and oxygen atoms in total. The van der Waals surface area contributed by atoms with Crippen LogP contribution in [0.3, 0.4) is 0 Å². The smallest absolute Gasteiger partial charge is 0.311 e. The van der Waals surface area contributed by atoms with Gasteiger partial charge in [0.2, 0.25) is 0 Å². The fourth-order valence-corrected chi connectivity index (χ4v) is 3.26.